The number of anilines is 2. The molecule has 0 spiro atoms. The van der Waals surface area contributed by atoms with Gasteiger partial charge in [0, 0.05) is 5.69 Å². The standard InChI is InChI=1S/C24H26N2O4S/c1-3-19-9-11-21(12-10-19)25-24(27)17-26(31(2,28)29)22-13-15-23(16-14-22)30-18-20-7-5-4-6-8-20/h4-16H,3,17-18H2,1-2H3,(H,25,27). The minimum absolute atomic E-state index is 0.321. The number of rotatable bonds is 9. The maximum Gasteiger partial charge on any atom is 0.245 e. The molecule has 3 rings (SSSR count). The predicted molar refractivity (Wildman–Crippen MR) is 124 cm³/mol. The molecule has 0 bridgehead atoms. The molecular weight excluding hydrogens is 412 g/mol. The smallest absolute Gasteiger partial charge is 0.245 e. The molecule has 31 heavy (non-hydrogen) atoms. The van der Waals surface area contributed by atoms with Gasteiger partial charge >= 0.3 is 0 Å². The third-order valence-electron chi connectivity index (χ3n) is 4.71. The van der Waals surface area contributed by atoms with E-state index in [1.807, 2.05) is 42.5 Å². The molecule has 0 atom stereocenters. The summed E-state index contributed by atoms with van der Waals surface area (Å²) in [5, 5.41) is 2.75. The van der Waals surface area contributed by atoms with Crippen molar-refractivity contribution in [2.45, 2.75) is 20.0 Å². The van der Waals surface area contributed by atoms with E-state index in [4.69, 9.17) is 4.74 Å². The fourth-order valence-electron chi connectivity index (χ4n) is 3.00. The second kappa shape index (κ2) is 10.1. The second-order valence-corrected chi connectivity index (χ2v) is 9.04. The van der Waals surface area contributed by atoms with Crippen LogP contribution in [0.2, 0.25) is 0 Å². The molecular formula is C24H26N2O4S. The average molecular weight is 439 g/mol. The number of carbonyl (C=O) groups is 1. The van der Waals surface area contributed by atoms with Gasteiger partial charge in [-0.2, -0.15) is 0 Å². The predicted octanol–water partition coefficient (Wildman–Crippen LogP) is 4.23. The van der Waals surface area contributed by atoms with Gasteiger partial charge in [0.25, 0.3) is 0 Å². The Hall–Kier alpha value is -3.32. The summed E-state index contributed by atoms with van der Waals surface area (Å²) < 4.78 is 31.4. The Morgan fingerprint density at radius 1 is 0.903 bits per heavy atom. The lowest BCUT2D eigenvalue weighted by Crippen LogP contribution is -2.37. The normalized spacial score (nSPS) is 11.0. The Balaban J connectivity index is 1.66. The molecule has 0 unspecified atom stereocenters. The fourth-order valence-corrected chi connectivity index (χ4v) is 3.86. The van der Waals surface area contributed by atoms with Crippen LogP contribution in [-0.2, 0) is 27.8 Å². The van der Waals surface area contributed by atoms with Gasteiger partial charge in [-0.1, -0.05) is 49.4 Å². The lowest BCUT2D eigenvalue weighted by atomic mass is 10.1. The van der Waals surface area contributed by atoms with E-state index in [-0.39, 0.29) is 6.54 Å². The number of nitrogens with zero attached hydrogens (tertiary/aromatic N) is 1. The summed E-state index contributed by atoms with van der Waals surface area (Å²) in [6, 6.07) is 23.9. The zero-order chi connectivity index (χ0) is 22.3. The lowest BCUT2D eigenvalue weighted by molar-refractivity contribution is -0.114. The average Bonchev–Trinajstić information content (AvgIpc) is 2.77. The van der Waals surface area contributed by atoms with Crippen molar-refractivity contribution in [1.82, 2.24) is 0 Å². The van der Waals surface area contributed by atoms with Crippen LogP contribution < -0.4 is 14.4 Å². The summed E-state index contributed by atoms with van der Waals surface area (Å²) in [5.41, 5.74) is 3.21. The molecule has 1 amide bonds. The van der Waals surface area contributed by atoms with Crippen molar-refractivity contribution in [2.75, 3.05) is 22.4 Å². The van der Waals surface area contributed by atoms with Crippen molar-refractivity contribution in [3.63, 3.8) is 0 Å². The molecule has 0 fully saturated rings. The van der Waals surface area contributed by atoms with Crippen LogP contribution in [0, 0.1) is 0 Å². The van der Waals surface area contributed by atoms with Gasteiger partial charge in [0.15, 0.2) is 0 Å². The fraction of sp³-hybridized carbons (Fsp3) is 0.208. The van der Waals surface area contributed by atoms with Gasteiger partial charge in [0.05, 0.1) is 11.9 Å². The molecule has 0 saturated heterocycles. The number of hydrogen-bond donors (Lipinski definition) is 1. The largest absolute Gasteiger partial charge is 0.489 e. The molecule has 0 aliphatic carbocycles. The first-order chi connectivity index (χ1) is 14.8. The van der Waals surface area contributed by atoms with Crippen LogP contribution in [0.3, 0.4) is 0 Å². The SMILES string of the molecule is CCc1ccc(NC(=O)CN(c2ccc(OCc3ccccc3)cc2)S(C)(=O)=O)cc1. The number of aryl methyl sites for hydroxylation is 1. The maximum absolute atomic E-state index is 12.5. The summed E-state index contributed by atoms with van der Waals surface area (Å²) in [7, 11) is -3.65. The number of benzene rings is 3. The maximum atomic E-state index is 12.5. The van der Waals surface area contributed by atoms with E-state index in [1.165, 1.54) is 0 Å². The van der Waals surface area contributed by atoms with Crippen LogP contribution in [-0.4, -0.2) is 27.1 Å². The molecule has 162 valence electrons. The van der Waals surface area contributed by atoms with E-state index >= 15 is 0 Å². The van der Waals surface area contributed by atoms with E-state index in [2.05, 4.69) is 12.2 Å². The van der Waals surface area contributed by atoms with E-state index < -0.39 is 15.9 Å². The number of nitrogens with one attached hydrogen (secondary N) is 1. The zero-order valence-corrected chi connectivity index (χ0v) is 18.4. The first kappa shape index (κ1) is 22.4. The summed E-state index contributed by atoms with van der Waals surface area (Å²) in [4.78, 5) is 12.5. The Morgan fingerprint density at radius 2 is 1.55 bits per heavy atom. The number of amides is 1. The summed E-state index contributed by atoms with van der Waals surface area (Å²) in [6.45, 7) is 2.14. The van der Waals surface area contributed by atoms with Gasteiger partial charge in [0.2, 0.25) is 15.9 Å². The van der Waals surface area contributed by atoms with Gasteiger partial charge in [-0.15, -0.1) is 0 Å². The second-order valence-electron chi connectivity index (χ2n) is 7.14. The quantitative estimate of drug-likeness (QED) is 0.542. The van der Waals surface area contributed by atoms with Crippen molar-refractivity contribution in [1.29, 1.82) is 0 Å². The van der Waals surface area contributed by atoms with E-state index in [1.54, 1.807) is 36.4 Å². The highest BCUT2D eigenvalue weighted by Gasteiger charge is 2.21. The van der Waals surface area contributed by atoms with Crippen molar-refractivity contribution < 1.29 is 17.9 Å². The molecule has 0 heterocycles. The van der Waals surface area contributed by atoms with Crippen LogP contribution in [0.1, 0.15) is 18.1 Å². The third kappa shape index (κ3) is 6.58. The van der Waals surface area contributed by atoms with Crippen molar-refractivity contribution >= 4 is 27.3 Å². The topological polar surface area (TPSA) is 75.7 Å². The zero-order valence-electron chi connectivity index (χ0n) is 17.6. The van der Waals surface area contributed by atoms with Crippen LogP contribution in [0.15, 0.2) is 78.9 Å². The number of carbonyl (C=O) groups excluding carboxylic acids is 1. The first-order valence-corrected chi connectivity index (χ1v) is 11.8. The number of hydrogen-bond acceptors (Lipinski definition) is 4. The van der Waals surface area contributed by atoms with Crippen LogP contribution >= 0.6 is 0 Å². The van der Waals surface area contributed by atoms with Crippen molar-refractivity contribution in [2.24, 2.45) is 0 Å². The molecule has 0 radical (unpaired) electrons. The van der Waals surface area contributed by atoms with Gasteiger partial charge in [0.1, 0.15) is 18.9 Å². The Bertz CT molecular complexity index is 1100. The van der Waals surface area contributed by atoms with Crippen LogP contribution in [0.5, 0.6) is 5.75 Å². The van der Waals surface area contributed by atoms with Crippen LogP contribution in [0.25, 0.3) is 0 Å². The van der Waals surface area contributed by atoms with Gasteiger partial charge < -0.3 is 10.1 Å². The summed E-state index contributed by atoms with van der Waals surface area (Å²) in [6.07, 6.45) is 1.98. The van der Waals surface area contributed by atoms with Crippen LogP contribution in [0.4, 0.5) is 11.4 Å². The Kier molecular flexibility index (Phi) is 7.31. The molecule has 3 aromatic carbocycles. The van der Waals surface area contributed by atoms with Crippen molar-refractivity contribution in [3.05, 3.63) is 90.0 Å². The number of ether oxygens (including phenoxy) is 1. The van der Waals surface area contributed by atoms with E-state index in [0.29, 0.717) is 23.7 Å². The highest BCUT2D eigenvalue weighted by Crippen LogP contribution is 2.22. The molecule has 7 heteroatoms. The highest BCUT2D eigenvalue weighted by molar-refractivity contribution is 7.92. The molecule has 0 saturated carbocycles. The van der Waals surface area contributed by atoms with E-state index in [0.717, 1.165) is 28.1 Å². The Morgan fingerprint density at radius 3 is 2.13 bits per heavy atom. The Labute approximate surface area is 183 Å². The molecule has 6 nitrogen and oxygen atoms in total. The third-order valence-corrected chi connectivity index (χ3v) is 5.85. The molecule has 0 aliphatic heterocycles. The minimum Gasteiger partial charge on any atom is -0.489 e. The summed E-state index contributed by atoms with van der Waals surface area (Å²) in [5.74, 6) is 0.195. The van der Waals surface area contributed by atoms with E-state index in [9.17, 15) is 13.2 Å². The minimum atomic E-state index is -3.65. The van der Waals surface area contributed by atoms with Gasteiger partial charge in [-0.25, -0.2) is 8.42 Å². The lowest BCUT2D eigenvalue weighted by Gasteiger charge is -2.22. The van der Waals surface area contributed by atoms with Gasteiger partial charge in [-0.05, 0) is 53.9 Å². The summed E-state index contributed by atoms with van der Waals surface area (Å²) >= 11 is 0. The first-order valence-electron chi connectivity index (χ1n) is 9.98. The molecule has 1 N–H and O–H groups in total. The molecule has 3 aromatic rings. The highest BCUT2D eigenvalue weighted by atomic mass is 32.2. The molecule has 0 aromatic heterocycles. The number of sulfonamides is 1. The van der Waals surface area contributed by atoms with Crippen molar-refractivity contribution in [3.8, 4) is 5.75 Å². The monoisotopic (exact) mass is 438 g/mol. The molecule has 0 aliphatic rings. The van der Waals surface area contributed by atoms with Gasteiger partial charge in [-0.3, -0.25) is 9.10 Å².